The number of ether oxygens (including phenoxy) is 1. The Hall–Kier alpha value is -1.40. The second-order valence-electron chi connectivity index (χ2n) is 3.80. The molecule has 0 aromatic heterocycles. The third-order valence-corrected chi connectivity index (χ3v) is 3.51. The van der Waals surface area contributed by atoms with Crippen molar-refractivity contribution in [3.8, 4) is 11.5 Å². The lowest BCUT2D eigenvalue weighted by Crippen LogP contribution is -2.25. The van der Waals surface area contributed by atoms with Gasteiger partial charge in [0.05, 0.1) is 12.7 Å². The third-order valence-electron chi connectivity index (χ3n) is 2.44. The monoisotopic (exact) mass is 285 g/mol. The highest BCUT2D eigenvalue weighted by Crippen LogP contribution is 2.29. The molecule has 1 rings (SSSR count). The summed E-state index contributed by atoms with van der Waals surface area (Å²) in [6, 6.07) is 4.80. The Balaban J connectivity index is 2.41. The largest absolute Gasteiger partial charge is 0.504 e. The van der Waals surface area contributed by atoms with Crippen LogP contribution in [-0.4, -0.2) is 47.9 Å². The first-order chi connectivity index (χ1) is 9.20. The van der Waals surface area contributed by atoms with E-state index >= 15 is 0 Å². The average Bonchev–Trinajstić information content (AvgIpc) is 2.42. The molecule has 0 unspecified atom stereocenters. The van der Waals surface area contributed by atoms with Crippen LogP contribution in [0.4, 0.5) is 0 Å². The van der Waals surface area contributed by atoms with Crippen molar-refractivity contribution >= 4 is 17.7 Å². The third kappa shape index (κ3) is 5.00. The number of hydrogen-bond acceptors (Lipinski definition) is 5. The molecule has 3 N–H and O–H groups in total. The van der Waals surface area contributed by atoms with Gasteiger partial charge in [0.1, 0.15) is 0 Å². The van der Waals surface area contributed by atoms with Crippen LogP contribution in [0.2, 0.25) is 0 Å². The Kier molecular flexibility index (Phi) is 7.14. The second-order valence-corrected chi connectivity index (χ2v) is 5.03. The van der Waals surface area contributed by atoms with E-state index in [2.05, 4.69) is 5.32 Å². The molecular weight excluding hydrogens is 266 g/mol. The number of aliphatic hydroxyl groups excluding tert-OH is 1. The molecule has 19 heavy (non-hydrogen) atoms. The summed E-state index contributed by atoms with van der Waals surface area (Å²) in [5, 5.41) is 21.2. The molecule has 0 spiro atoms. The van der Waals surface area contributed by atoms with E-state index < -0.39 is 0 Å². The summed E-state index contributed by atoms with van der Waals surface area (Å²) in [4.78, 5) is 11.8. The van der Waals surface area contributed by atoms with Gasteiger partial charge >= 0.3 is 0 Å². The molecule has 0 bridgehead atoms. The molecule has 1 amide bonds. The lowest BCUT2D eigenvalue weighted by Gasteiger charge is -2.09. The molecule has 6 heteroatoms. The van der Waals surface area contributed by atoms with Crippen LogP contribution >= 0.6 is 11.8 Å². The first-order valence-corrected chi connectivity index (χ1v) is 7.19. The number of carbonyl (C=O) groups excluding carboxylic acids is 1. The number of amides is 1. The quantitative estimate of drug-likeness (QED) is 0.626. The Morgan fingerprint density at radius 2 is 2.21 bits per heavy atom. The first kappa shape index (κ1) is 15.7. The summed E-state index contributed by atoms with van der Waals surface area (Å²) in [5.41, 5.74) is 0.208. The normalized spacial score (nSPS) is 10.2. The predicted octanol–water partition coefficient (Wildman–Crippen LogP) is 1.25. The number of rotatable bonds is 8. The number of methoxy groups -OCH3 is 1. The highest BCUT2D eigenvalue weighted by Gasteiger charge is 2.13. The maximum absolute atomic E-state index is 11.8. The Morgan fingerprint density at radius 1 is 1.42 bits per heavy atom. The standard InChI is InChI=1S/C13H19NO4S/c1-18-11-5-2-4-10(12(11)16)13(17)14-6-9-19-8-3-7-15/h2,4-5,15-16H,3,6-9H2,1H3,(H,14,17). The van der Waals surface area contributed by atoms with Crippen LogP contribution in [-0.2, 0) is 0 Å². The molecule has 0 radical (unpaired) electrons. The number of phenolic OH excluding ortho intramolecular Hbond substituents is 1. The minimum Gasteiger partial charge on any atom is -0.504 e. The van der Waals surface area contributed by atoms with Crippen LogP contribution in [0.5, 0.6) is 11.5 Å². The number of thioether (sulfide) groups is 1. The van der Waals surface area contributed by atoms with Crippen LogP contribution in [0, 0.1) is 0 Å². The van der Waals surface area contributed by atoms with Crippen LogP contribution in [0.1, 0.15) is 16.8 Å². The minimum atomic E-state index is -0.320. The van der Waals surface area contributed by atoms with Crippen molar-refractivity contribution in [1.82, 2.24) is 5.32 Å². The van der Waals surface area contributed by atoms with E-state index in [0.29, 0.717) is 6.54 Å². The topological polar surface area (TPSA) is 78.8 Å². The van der Waals surface area contributed by atoms with Crippen molar-refractivity contribution in [2.45, 2.75) is 6.42 Å². The van der Waals surface area contributed by atoms with Gasteiger partial charge in [-0.25, -0.2) is 0 Å². The molecule has 0 aliphatic carbocycles. The van der Waals surface area contributed by atoms with Gasteiger partial charge in [-0.05, 0) is 24.3 Å². The van der Waals surface area contributed by atoms with Crippen molar-refractivity contribution in [3.05, 3.63) is 23.8 Å². The Morgan fingerprint density at radius 3 is 2.89 bits per heavy atom. The van der Waals surface area contributed by atoms with Crippen LogP contribution in [0.15, 0.2) is 18.2 Å². The number of carbonyl (C=O) groups is 1. The molecule has 106 valence electrons. The Labute approximate surface area is 117 Å². The van der Waals surface area contributed by atoms with Gasteiger partial charge in [0, 0.05) is 18.9 Å². The van der Waals surface area contributed by atoms with E-state index in [9.17, 15) is 9.90 Å². The van der Waals surface area contributed by atoms with E-state index in [1.807, 2.05) is 0 Å². The molecule has 0 aliphatic rings. The fourth-order valence-corrected chi connectivity index (χ4v) is 2.25. The number of aromatic hydroxyl groups is 1. The van der Waals surface area contributed by atoms with Crippen LogP contribution in [0.25, 0.3) is 0 Å². The fraction of sp³-hybridized carbons (Fsp3) is 0.462. The summed E-state index contributed by atoms with van der Waals surface area (Å²) in [5.74, 6) is 1.47. The van der Waals surface area contributed by atoms with Crippen molar-refractivity contribution in [3.63, 3.8) is 0 Å². The zero-order valence-electron chi connectivity index (χ0n) is 10.9. The smallest absolute Gasteiger partial charge is 0.255 e. The molecule has 0 saturated heterocycles. The summed E-state index contributed by atoms with van der Waals surface area (Å²) in [6.45, 7) is 0.711. The SMILES string of the molecule is COc1cccc(C(=O)NCCSCCCO)c1O. The van der Waals surface area contributed by atoms with Crippen molar-refractivity contribution in [1.29, 1.82) is 0 Å². The molecule has 0 fully saturated rings. The summed E-state index contributed by atoms with van der Waals surface area (Å²) >= 11 is 1.66. The van der Waals surface area contributed by atoms with Crippen LogP contribution < -0.4 is 10.1 Å². The first-order valence-electron chi connectivity index (χ1n) is 6.03. The van der Waals surface area contributed by atoms with Gasteiger partial charge in [-0.15, -0.1) is 0 Å². The maximum Gasteiger partial charge on any atom is 0.255 e. The maximum atomic E-state index is 11.8. The lowest BCUT2D eigenvalue weighted by molar-refractivity contribution is 0.0953. The molecule has 0 heterocycles. The van der Waals surface area contributed by atoms with Gasteiger partial charge in [0.15, 0.2) is 11.5 Å². The molecule has 5 nitrogen and oxygen atoms in total. The summed E-state index contributed by atoms with van der Waals surface area (Å²) in [7, 11) is 1.44. The van der Waals surface area contributed by atoms with Crippen LogP contribution in [0.3, 0.4) is 0 Å². The number of phenols is 1. The fourth-order valence-electron chi connectivity index (χ4n) is 1.47. The highest BCUT2D eigenvalue weighted by atomic mass is 32.2. The van der Waals surface area contributed by atoms with Gasteiger partial charge < -0.3 is 20.3 Å². The molecule has 0 atom stereocenters. The zero-order chi connectivity index (χ0) is 14.1. The molecular formula is C13H19NO4S. The number of aliphatic hydroxyl groups is 1. The van der Waals surface area contributed by atoms with E-state index in [-0.39, 0.29) is 29.6 Å². The number of nitrogens with one attached hydrogen (secondary N) is 1. The predicted molar refractivity (Wildman–Crippen MR) is 76.0 cm³/mol. The highest BCUT2D eigenvalue weighted by molar-refractivity contribution is 7.99. The number of hydrogen-bond donors (Lipinski definition) is 3. The van der Waals surface area contributed by atoms with Gasteiger partial charge in [0.2, 0.25) is 0 Å². The van der Waals surface area contributed by atoms with Gasteiger partial charge in [-0.1, -0.05) is 6.07 Å². The van der Waals surface area contributed by atoms with E-state index in [0.717, 1.165) is 17.9 Å². The van der Waals surface area contributed by atoms with Crippen molar-refractivity contribution in [2.75, 3.05) is 31.8 Å². The summed E-state index contributed by atoms with van der Waals surface area (Å²) in [6.07, 6.45) is 0.759. The molecule has 1 aromatic rings. The second kappa shape index (κ2) is 8.66. The Bertz CT molecular complexity index is 412. The molecule has 1 aromatic carbocycles. The van der Waals surface area contributed by atoms with Crippen molar-refractivity contribution in [2.24, 2.45) is 0 Å². The minimum absolute atomic E-state index is 0.143. The molecule has 0 aliphatic heterocycles. The van der Waals surface area contributed by atoms with E-state index in [4.69, 9.17) is 9.84 Å². The zero-order valence-corrected chi connectivity index (χ0v) is 11.7. The average molecular weight is 285 g/mol. The van der Waals surface area contributed by atoms with E-state index in [1.165, 1.54) is 7.11 Å². The lowest BCUT2D eigenvalue weighted by atomic mass is 10.1. The van der Waals surface area contributed by atoms with Gasteiger partial charge in [-0.2, -0.15) is 11.8 Å². The van der Waals surface area contributed by atoms with Gasteiger partial charge in [0.25, 0.3) is 5.91 Å². The van der Waals surface area contributed by atoms with Gasteiger partial charge in [-0.3, -0.25) is 4.79 Å². The van der Waals surface area contributed by atoms with Crippen molar-refractivity contribution < 1.29 is 19.7 Å². The number of benzene rings is 1. The molecule has 0 saturated carbocycles. The van der Waals surface area contributed by atoms with E-state index in [1.54, 1.807) is 30.0 Å². The number of para-hydroxylation sites is 1. The summed E-state index contributed by atoms with van der Waals surface area (Å²) < 4.78 is 4.95.